The molecule has 2 rings (SSSR count). The van der Waals surface area contributed by atoms with Gasteiger partial charge in [0.1, 0.15) is 5.01 Å². The number of nitrogens with one attached hydrogen (secondary N) is 2. The molecular formula is C13H15N3OS2. The van der Waals surface area contributed by atoms with Crippen LogP contribution < -0.4 is 10.6 Å². The zero-order valence-corrected chi connectivity index (χ0v) is 12.4. The van der Waals surface area contributed by atoms with Gasteiger partial charge in [-0.05, 0) is 37.4 Å². The van der Waals surface area contributed by atoms with Crippen molar-refractivity contribution in [1.82, 2.24) is 10.3 Å². The van der Waals surface area contributed by atoms with E-state index in [1.54, 1.807) is 23.1 Å². The van der Waals surface area contributed by atoms with E-state index in [1.165, 1.54) is 4.90 Å². The van der Waals surface area contributed by atoms with Gasteiger partial charge in [0.25, 0.3) is 0 Å². The van der Waals surface area contributed by atoms with Gasteiger partial charge in [0.15, 0.2) is 0 Å². The van der Waals surface area contributed by atoms with E-state index in [2.05, 4.69) is 15.6 Å². The minimum absolute atomic E-state index is 0.218. The van der Waals surface area contributed by atoms with E-state index in [1.807, 2.05) is 42.8 Å². The third-order valence-electron chi connectivity index (χ3n) is 2.41. The van der Waals surface area contributed by atoms with Gasteiger partial charge in [0, 0.05) is 21.7 Å². The fourth-order valence-electron chi connectivity index (χ4n) is 1.49. The lowest BCUT2D eigenvalue weighted by molar-refractivity contribution is 0.251. The molecule has 1 aromatic heterocycles. The Bertz CT molecular complexity index is 551. The average molecular weight is 293 g/mol. The van der Waals surface area contributed by atoms with Crippen molar-refractivity contribution >= 4 is 34.8 Å². The maximum absolute atomic E-state index is 11.7. The summed E-state index contributed by atoms with van der Waals surface area (Å²) in [4.78, 5) is 17.2. The molecule has 19 heavy (non-hydrogen) atoms. The Hall–Kier alpha value is -1.53. The Labute approximate surface area is 120 Å². The predicted molar refractivity (Wildman–Crippen MR) is 80.9 cm³/mol. The monoisotopic (exact) mass is 293 g/mol. The van der Waals surface area contributed by atoms with Gasteiger partial charge < -0.3 is 10.6 Å². The standard InChI is InChI=1S/C13H15N3OS2/c1-9-8-19-12(15-9)7-14-13(17)16-10-3-5-11(18-2)6-4-10/h3-6,8H,7H2,1-2H3,(H2,14,16,17). The van der Waals surface area contributed by atoms with Crippen molar-refractivity contribution in [2.24, 2.45) is 0 Å². The second-order valence-corrected chi connectivity index (χ2v) is 5.74. The normalized spacial score (nSPS) is 10.2. The van der Waals surface area contributed by atoms with Crippen LogP contribution >= 0.6 is 23.1 Å². The maximum atomic E-state index is 11.7. The summed E-state index contributed by atoms with van der Waals surface area (Å²) in [5, 5.41) is 8.45. The van der Waals surface area contributed by atoms with Gasteiger partial charge in [-0.3, -0.25) is 0 Å². The highest BCUT2D eigenvalue weighted by atomic mass is 32.2. The molecule has 2 aromatic rings. The summed E-state index contributed by atoms with van der Waals surface area (Å²) in [5.74, 6) is 0. The Morgan fingerprint density at radius 1 is 1.37 bits per heavy atom. The Kier molecular flexibility index (Phi) is 4.81. The van der Waals surface area contributed by atoms with Gasteiger partial charge in [-0.15, -0.1) is 23.1 Å². The molecule has 2 amide bonds. The largest absolute Gasteiger partial charge is 0.331 e. The van der Waals surface area contributed by atoms with Gasteiger partial charge in [0.05, 0.1) is 6.54 Å². The van der Waals surface area contributed by atoms with Crippen molar-refractivity contribution in [3.8, 4) is 0 Å². The molecule has 0 atom stereocenters. The van der Waals surface area contributed by atoms with E-state index < -0.39 is 0 Å². The van der Waals surface area contributed by atoms with Crippen LogP contribution in [0.1, 0.15) is 10.7 Å². The fraction of sp³-hybridized carbons (Fsp3) is 0.231. The number of aryl methyl sites for hydroxylation is 1. The number of aromatic nitrogens is 1. The van der Waals surface area contributed by atoms with Crippen molar-refractivity contribution in [2.75, 3.05) is 11.6 Å². The zero-order valence-electron chi connectivity index (χ0n) is 10.8. The molecule has 0 spiro atoms. The van der Waals surface area contributed by atoms with Crippen molar-refractivity contribution in [2.45, 2.75) is 18.4 Å². The highest BCUT2D eigenvalue weighted by molar-refractivity contribution is 7.98. The summed E-state index contributed by atoms with van der Waals surface area (Å²) in [5.41, 5.74) is 1.76. The van der Waals surface area contributed by atoms with Gasteiger partial charge in [-0.2, -0.15) is 0 Å². The first-order valence-corrected chi connectivity index (χ1v) is 7.88. The number of anilines is 1. The minimum Gasteiger partial charge on any atom is -0.331 e. The summed E-state index contributed by atoms with van der Waals surface area (Å²) in [6, 6.07) is 7.51. The first kappa shape index (κ1) is 13.9. The molecule has 0 fully saturated rings. The molecule has 1 aromatic carbocycles. The van der Waals surface area contributed by atoms with Crippen LogP contribution in [0, 0.1) is 6.92 Å². The second kappa shape index (κ2) is 6.58. The summed E-state index contributed by atoms with van der Waals surface area (Å²) in [6.45, 7) is 2.39. The topological polar surface area (TPSA) is 54.0 Å². The number of thiazole rings is 1. The molecule has 6 heteroatoms. The van der Waals surface area contributed by atoms with E-state index in [0.29, 0.717) is 6.54 Å². The van der Waals surface area contributed by atoms with Gasteiger partial charge >= 0.3 is 6.03 Å². The summed E-state index contributed by atoms with van der Waals surface area (Å²) in [7, 11) is 0. The first-order valence-electron chi connectivity index (χ1n) is 5.77. The molecule has 0 radical (unpaired) electrons. The summed E-state index contributed by atoms with van der Waals surface area (Å²) in [6.07, 6.45) is 2.02. The number of urea groups is 1. The Morgan fingerprint density at radius 3 is 2.68 bits per heavy atom. The van der Waals surface area contributed by atoms with Crippen LogP contribution in [-0.2, 0) is 6.54 Å². The van der Waals surface area contributed by atoms with Crippen molar-refractivity contribution in [3.05, 3.63) is 40.3 Å². The molecule has 0 unspecified atom stereocenters. The lowest BCUT2D eigenvalue weighted by Crippen LogP contribution is -2.28. The first-order chi connectivity index (χ1) is 9.17. The van der Waals surface area contributed by atoms with Crippen LogP contribution in [0.15, 0.2) is 34.5 Å². The molecule has 0 saturated carbocycles. The van der Waals surface area contributed by atoms with E-state index in [0.717, 1.165) is 16.4 Å². The van der Waals surface area contributed by atoms with E-state index in [4.69, 9.17) is 0 Å². The molecule has 1 heterocycles. The zero-order chi connectivity index (χ0) is 13.7. The lowest BCUT2D eigenvalue weighted by atomic mass is 10.3. The molecule has 100 valence electrons. The molecule has 0 saturated heterocycles. The summed E-state index contributed by atoms with van der Waals surface area (Å²) < 4.78 is 0. The number of nitrogens with zero attached hydrogens (tertiary/aromatic N) is 1. The van der Waals surface area contributed by atoms with Crippen LogP contribution in [-0.4, -0.2) is 17.3 Å². The highest BCUT2D eigenvalue weighted by Gasteiger charge is 2.03. The molecule has 2 N–H and O–H groups in total. The molecule has 0 aliphatic heterocycles. The third-order valence-corrected chi connectivity index (χ3v) is 4.12. The summed E-state index contributed by atoms with van der Waals surface area (Å²) >= 11 is 3.22. The van der Waals surface area contributed by atoms with E-state index >= 15 is 0 Å². The molecule has 0 aliphatic rings. The Morgan fingerprint density at radius 2 is 2.11 bits per heavy atom. The van der Waals surface area contributed by atoms with Gasteiger partial charge in [-0.1, -0.05) is 0 Å². The number of hydrogen-bond acceptors (Lipinski definition) is 4. The molecule has 0 bridgehead atoms. The molecular weight excluding hydrogens is 278 g/mol. The van der Waals surface area contributed by atoms with Gasteiger partial charge in [0.2, 0.25) is 0 Å². The smallest absolute Gasteiger partial charge is 0.319 e. The molecule has 0 aliphatic carbocycles. The predicted octanol–water partition coefficient (Wildman–Crippen LogP) is 3.50. The van der Waals surface area contributed by atoms with Crippen LogP contribution in [0.5, 0.6) is 0 Å². The number of hydrogen-bond donors (Lipinski definition) is 2. The highest BCUT2D eigenvalue weighted by Crippen LogP contribution is 2.17. The average Bonchev–Trinajstić information content (AvgIpc) is 2.83. The quantitative estimate of drug-likeness (QED) is 0.848. The SMILES string of the molecule is CSc1ccc(NC(=O)NCc2nc(C)cs2)cc1. The number of carbonyl (C=O) groups excluding carboxylic acids is 1. The number of benzene rings is 1. The Balaban J connectivity index is 1.83. The number of amides is 2. The van der Waals surface area contributed by atoms with Crippen molar-refractivity contribution in [3.63, 3.8) is 0 Å². The van der Waals surface area contributed by atoms with Gasteiger partial charge in [-0.25, -0.2) is 9.78 Å². The van der Waals surface area contributed by atoms with Crippen molar-refractivity contribution < 1.29 is 4.79 Å². The minimum atomic E-state index is -0.218. The van der Waals surface area contributed by atoms with Crippen LogP contribution in [0.3, 0.4) is 0 Å². The lowest BCUT2D eigenvalue weighted by Gasteiger charge is -2.06. The van der Waals surface area contributed by atoms with Crippen LogP contribution in [0.2, 0.25) is 0 Å². The molecule has 4 nitrogen and oxygen atoms in total. The van der Waals surface area contributed by atoms with Crippen LogP contribution in [0.4, 0.5) is 10.5 Å². The number of carbonyl (C=O) groups is 1. The number of rotatable bonds is 4. The maximum Gasteiger partial charge on any atom is 0.319 e. The third kappa shape index (κ3) is 4.25. The number of thioether (sulfide) groups is 1. The van der Waals surface area contributed by atoms with Crippen LogP contribution in [0.25, 0.3) is 0 Å². The van der Waals surface area contributed by atoms with E-state index in [-0.39, 0.29) is 6.03 Å². The fourth-order valence-corrected chi connectivity index (χ4v) is 2.61. The second-order valence-electron chi connectivity index (χ2n) is 3.92. The van der Waals surface area contributed by atoms with Crippen molar-refractivity contribution in [1.29, 1.82) is 0 Å². The van der Waals surface area contributed by atoms with E-state index in [9.17, 15) is 4.79 Å².